The lowest BCUT2D eigenvalue weighted by Crippen LogP contribution is -2.27. The molecule has 0 unspecified atom stereocenters. The number of fused-ring (bicyclic) bond motifs is 1. The van der Waals surface area contributed by atoms with Gasteiger partial charge in [0.25, 0.3) is 0 Å². The zero-order chi connectivity index (χ0) is 25.3. The number of pyridine rings is 1. The molecule has 0 spiro atoms. The molecule has 0 amide bonds. The Morgan fingerprint density at radius 3 is 2.72 bits per heavy atom. The van der Waals surface area contributed by atoms with E-state index >= 15 is 0 Å². The Bertz CT molecular complexity index is 1370. The molecular weight excluding hydrogens is 472 g/mol. The predicted octanol–water partition coefficient (Wildman–Crippen LogP) is 7.69. The molecule has 0 bridgehead atoms. The number of nitrogens with zero attached hydrogens (tertiary/aromatic N) is 1. The first-order chi connectivity index (χ1) is 17.5. The molecule has 0 fully saturated rings. The first-order valence-electron chi connectivity index (χ1n) is 12.1. The molecule has 6 heteroatoms. The summed E-state index contributed by atoms with van der Waals surface area (Å²) in [7, 11) is 0. The monoisotopic (exact) mass is 500 g/mol. The minimum absolute atomic E-state index is 0.487. The average Bonchev–Trinajstić information content (AvgIpc) is 2.89. The van der Waals surface area contributed by atoms with Gasteiger partial charge in [-0.1, -0.05) is 73.5 Å². The van der Waals surface area contributed by atoms with Crippen LogP contribution in [-0.2, 0) is 11.3 Å². The third-order valence-electron chi connectivity index (χ3n) is 5.83. The number of carboxylic acids is 1. The number of hydrogen-bond acceptors (Lipinski definition) is 4. The van der Waals surface area contributed by atoms with Crippen LogP contribution in [0.5, 0.6) is 5.75 Å². The standard InChI is InChI=1S/C30H29ClN2O3/c1-2-3-10-29(30(34)35)36-28-11-5-4-8-23(28)20-32-26-9-6-7-21(18-26)12-16-25-17-14-22-13-15-24(31)19-27(22)33-25/h4-9,11-19,29,32H,2-3,10,20H2,1H3,(H,34,35)/b16-12+/t29-/m1/s1. The summed E-state index contributed by atoms with van der Waals surface area (Å²) < 4.78 is 5.88. The molecule has 5 nitrogen and oxygen atoms in total. The van der Waals surface area contributed by atoms with Gasteiger partial charge < -0.3 is 15.2 Å². The van der Waals surface area contributed by atoms with E-state index in [9.17, 15) is 9.90 Å². The summed E-state index contributed by atoms with van der Waals surface area (Å²) in [6.07, 6.45) is 5.37. The first-order valence-corrected chi connectivity index (χ1v) is 12.5. The van der Waals surface area contributed by atoms with Crippen LogP contribution in [0.4, 0.5) is 5.69 Å². The number of rotatable bonds is 11. The predicted molar refractivity (Wildman–Crippen MR) is 147 cm³/mol. The van der Waals surface area contributed by atoms with Crippen LogP contribution in [0.25, 0.3) is 23.1 Å². The van der Waals surface area contributed by atoms with Crippen molar-refractivity contribution < 1.29 is 14.6 Å². The van der Waals surface area contributed by atoms with E-state index in [0.717, 1.165) is 46.3 Å². The largest absolute Gasteiger partial charge is 0.479 e. The lowest BCUT2D eigenvalue weighted by atomic mass is 10.1. The van der Waals surface area contributed by atoms with Gasteiger partial charge >= 0.3 is 5.97 Å². The molecule has 1 aromatic heterocycles. The number of carbonyl (C=O) groups is 1. The van der Waals surface area contributed by atoms with Crippen LogP contribution >= 0.6 is 11.6 Å². The molecule has 1 heterocycles. The summed E-state index contributed by atoms with van der Waals surface area (Å²) in [6.45, 7) is 2.55. The molecule has 2 N–H and O–H groups in total. The second-order valence-electron chi connectivity index (χ2n) is 8.58. The van der Waals surface area contributed by atoms with Gasteiger partial charge in [-0.15, -0.1) is 0 Å². The van der Waals surface area contributed by atoms with Gasteiger partial charge in [0, 0.05) is 28.2 Å². The summed E-state index contributed by atoms with van der Waals surface area (Å²) in [5.41, 5.74) is 4.60. The number of unbranched alkanes of at least 4 members (excludes halogenated alkanes) is 1. The van der Waals surface area contributed by atoms with Crippen LogP contribution in [0.3, 0.4) is 0 Å². The second kappa shape index (κ2) is 12.2. The van der Waals surface area contributed by atoms with Crippen molar-refractivity contribution in [3.05, 3.63) is 101 Å². The molecule has 0 radical (unpaired) electrons. The fraction of sp³-hybridized carbons (Fsp3) is 0.200. The molecule has 0 aliphatic rings. The topological polar surface area (TPSA) is 71.5 Å². The lowest BCUT2D eigenvalue weighted by molar-refractivity contribution is -0.145. The summed E-state index contributed by atoms with van der Waals surface area (Å²) in [5.74, 6) is -0.346. The van der Waals surface area contributed by atoms with Gasteiger partial charge in [0.1, 0.15) is 5.75 Å². The van der Waals surface area contributed by atoms with E-state index in [4.69, 9.17) is 16.3 Å². The van der Waals surface area contributed by atoms with Crippen molar-refractivity contribution in [1.29, 1.82) is 0 Å². The number of nitrogens with one attached hydrogen (secondary N) is 1. The van der Waals surface area contributed by atoms with Crippen molar-refractivity contribution in [3.63, 3.8) is 0 Å². The first kappa shape index (κ1) is 25.3. The minimum atomic E-state index is -0.935. The van der Waals surface area contributed by atoms with Crippen LogP contribution in [0, 0.1) is 0 Å². The molecule has 4 aromatic rings. The highest BCUT2D eigenvalue weighted by molar-refractivity contribution is 6.31. The normalized spacial score (nSPS) is 12.1. The maximum absolute atomic E-state index is 11.6. The fourth-order valence-electron chi connectivity index (χ4n) is 3.87. The minimum Gasteiger partial charge on any atom is -0.479 e. The molecule has 3 aromatic carbocycles. The molecular formula is C30H29ClN2O3. The number of aromatic nitrogens is 1. The Labute approximate surface area is 216 Å². The van der Waals surface area contributed by atoms with Crippen LogP contribution in [0.15, 0.2) is 78.9 Å². The van der Waals surface area contributed by atoms with Gasteiger partial charge in [-0.3, -0.25) is 0 Å². The van der Waals surface area contributed by atoms with Crippen LogP contribution in [0.2, 0.25) is 5.02 Å². The number of aliphatic carboxylic acids is 1. The Balaban J connectivity index is 1.43. The molecule has 0 aliphatic carbocycles. The number of halogens is 1. The van der Waals surface area contributed by atoms with Crippen molar-refractivity contribution >= 4 is 46.3 Å². The fourth-order valence-corrected chi connectivity index (χ4v) is 4.04. The highest BCUT2D eigenvalue weighted by Crippen LogP contribution is 2.23. The van der Waals surface area contributed by atoms with E-state index in [1.165, 1.54) is 0 Å². The molecule has 36 heavy (non-hydrogen) atoms. The molecule has 184 valence electrons. The summed E-state index contributed by atoms with van der Waals surface area (Å²) in [6, 6.07) is 25.3. The van der Waals surface area contributed by atoms with E-state index in [1.54, 1.807) is 0 Å². The number of ether oxygens (including phenoxy) is 1. The van der Waals surface area contributed by atoms with Crippen molar-refractivity contribution in [1.82, 2.24) is 4.98 Å². The van der Waals surface area contributed by atoms with E-state index in [1.807, 2.05) is 91.9 Å². The Morgan fingerprint density at radius 1 is 1.06 bits per heavy atom. The molecule has 0 saturated carbocycles. The number of para-hydroxylation sites is 1. The third-order valence-corrected chi connectivity index (χ3v) is 6.06. The lowest BCUT2D eigenvalue weighted by Gasteiger charge is -2.18. The van der Waals surface area contributed by atoms with Gasteiger partial charge in [-0.25, -0.2) is 9.78 Å². The number of carboxylic acid groups (broad SMARTS) is 1. The summed E-state index contributed by atoms with van der Waals surface area (Å²) in [4.78, 5) is 16.3. The van der Waals surface area contributed by atoms with E-state index in [-0.39, 0.29) is 0 Å². The smallest absolute Gasteiger partial charge is 0.344 e. The summed E-state index contributed by atoms with van der Waals surface area (Å²) in [5, 5.41) is 14.7. The van der Waals surface area contributed by atoms with Gasteiger partial charge in [0.2, 0.25) is 0 Å². The van der Waals surface area contributed by atoms with Gasteiger partial charge in [-0.2, -0.15) is 0 Å². The maximum atomic E-state index is 11.6. The molecule has 0 saturated heterocycles. The zero-order valence-electron chi connectivity index (χ0n) is 20.2. The van der Waals surface area contributed by atoms with Crippen molar-refractivity contribution in [2.45, 2.75) is 38.8 Å². The third kappa shape index (κ3) is 6.86. The van der Waals surface area contributed by atoms with Crippen molar-refractivity contribution in [3.8, 4) is 5.75 Å². The van der Waals surface area contributed by atoms with Crippen LogP contribution in [-0.4, -0.2) is 22.2 Å². The van der Waals surface area contributed by atoms with Gasteiger partial charge in [0.15, 0.2) is 6.10 Å². The number of anilines is 1. The maximum Gasteiger partial charge on any atom is 0.344 e. The average molecular weight is 501 g/mol. The Hall–Kier alpha value is -3.83. The summed E-state index contributed by atoms with van der Waals surface area (Å²) >= 11 is 6.10. The van der Waals surface area contributed by atoms with E-state index in [2.05, 4.69) is 16.4 Å². The quantitative estimate of drug-likeness (QED) is 0.221. The number of hydrogen-bond donors (Lipinski definition) is 2. The highest BCUT2D eigenvalue weighted by atomic mass is 35.5. The van der Waals surface area contributed by atoms with Crippen molar-refractivity contribution in [2.75, 3.05) is 5.32 Å². The molecule has 4 rings (SSSR count). The van der Waals surface area contributed by atoms with Gasteiger partial charge in [0.05, 0.1) is 11.2 Å². The Kier molecular flexibility index (Phi) is 8.58. The van der Waals surface area contributed by atoms with Crippen LogP contribution in [0.1, 0.15) is 43.0 Å². The van der Waals surface area contributed by atoms with Gasteiger partial charge in [-0.05, 0) is 60.9 Å². The van der Waals surface area contributed by atoms with Crippen molar-refractivity contribution in [2.24, 2.45) is 0 Å². The second-order valence-corrected chi connectivity index (χ2v) is 9.02. The highest BCUT2D eigenvalue weighted by Gasteiger charge is 2.20. The number of benzene rings is 3. The van der Waals surface area contributed by atoms with E-state index < -0.39 is 12.1 Å². The zero-order valence-corrected chi connectivity index (χ0v) is 20.9. The van der Waals surface area contributed by atoms with E-state index in [0.29, 0.717) is 23.7 Å². The molecule has 0 aliphatic heterocycles. The Morgan fingerprint density at radius 2 is 1.89 bits per heavy atom. The molecule has 1 atom stereocenters. The van der Waals surface area contributed by atoms with Crippen LogP contribution < -0.4 is 10.1 Å². The SMILES string of the molecule is CCCC[C@@H](Oc1ccccc1CNc1cccc(/C=C/c2ccc3ccc(Cl)cc3n2)c1)C(=O)O.